The van der Waals surface area contributed by atoms with Crippen LogP contribution in [0, 0.1) is 0 Å². The van der Waals surface area contributed by atoms with Crippen LogP contribution < -0.4 is 5.73 Å². The summed E-state index contributed by atoms with van der Waals surface area (Å²) >= 11 is 1.73. The van der Waals surface area contributed by atoms with Gasteiger partial charge >= 0.3 is 0 Å². The SMILES string of the molecule is COC(C)(C)CCC(N)Cc1ccsc1. The zero-order chi connectivity index (χ0) is 11.3. The molecule has 0 aliphatic rings. The first-order valence-corrected chi connectivity index (χ1v) is 6.29. The van der Waals surface area contributed by atoms with E-state index in [1.807, 2.05) is 0 Å². The summed E-state index contributed by atoms with van der Waals surface area (Å²) in [5.41, 5.74) is 7.38. The van der Waals surface area contributed by atoms with Gasteiger partial charge in [0.15, 0.2) is 0 Å². The van der Waals surface area contributed by atoms with Gasteiger partial charge in [0.25, 0.3) is 0 Å². The minimum absolute atomic E-state index is 0.0493. The van der Waals surface area contributed by atoms with E-state index >= 15 is 0 Å². The van der Waals surface area contributed by atoms with Crippen LogP contribution in [0.3, 0.4) is 0 Å². The Balaban J connectivity index is 2.28. The third-order valence-electron chi connectivity index (χ3n) is 2.75. The summed E-state index contributed by atoms with van der Waals surface area (Å²) in [4.78, 5) is 0. The Kier molecular flexibility index (Phi) is 4.77. The first-order chi connectivity index (χ1) is 7.03. The molecular formula is C12H21NOS. The van der Waals surface area contributed by atoms with Crippen molar-refractivity contribution in [2.75, 3.05) is 7.11 Å². The summed E-state index contributed by atoms with van der Waals surface area (Å²) in [6.07, 6.45) is 2.99. The summed E-state index contributed by atoms with van der Waals surface area (Å²) in [6, 6.07) is 2.39. The van der Waals surface area contributed by atoms with Gasteiger partial charge in [-0.2, -0.15) is 11.3 Å². The molecule has 2 N–H and O–H groups in total. The second-order valence-corrected chi connectivity index (χ2v) is 5.38. The lowest BCUT2D eigenvalue weighted by Gasteiger charge is -2.24. The van der Waals surface area contributed by atoms with Gasteiger partial charge in [0.2, 0.25) is 0 Å². The Morgan fingerprint density at radius 3 is 2.80 bits per heavy atom. The Morgan fingerprint density at radius 1 is 1.53 bits per heavy atom. The molecule has 1 unspecified atom stereocenters. The quantitative estimate of drug-likeness (QED) is 0.811. The maximum absolute atomic E-state index is 6.08. The van der Waals surface area contributed by atoms with Crippen LogP contribution in [0.15, 0.2) is 16.8 Å². The Morgan fingerprint density at radius 2 is 2.27 bits per heavy atom. The maximum Gasteiger partial charge on any atom is 0.0623 e. The molecule has 15 heavy (non-hydrogen) atoms. The first kappa shape index (κ1) is 12.7. The second-order valence-electron chi connectivity index (χ2n) is 4.60. The third kappa shape index (κ3) is 4.78. The molecule has 0 amide bonds. The Hall–Kier alpha value is -0.380. The molecular weight excluding hydrogens is 206 g/mol. The summed E-state index contributed by atoms with van der Waals surface area (Å²) < 4.78 is 5.37. The summed E-state index contributed by atoms with van der Waals surface area (Å²) in [5.74, 6) is 0. The standard InChI is InChI=1S/C12H21NOS/c1-12(2,14-3)6-4-11(13)8-10-5-7-15-9-10/h5,7,9,11H,4,6,8,13H2,1-3H3. The normalized spacial score (nSPS) is 14.1. The predicted octanol–water partition coefficient (Wildman–Crippen LogP) is 2.82. The molecule has 0 aliphatic carbocycles. The van der Waals surface area contributed by atoms with Crippen molar-refractivity contribution in [3.8, 4) is 0 Å². The number of thiophene rings is 1. The molecule has 1 atom stereocenters. The van der Waals surface area contributed by atoms with Gasteiger partial charge in [0.1, 0.15) is 0 Å². The fourth-order valence-electron chi connectivity index (χ4n) is 1.45. The molecule has 0 saturated heterocycles. The molecule has 1 aromatic heterocycles. The van der Waals surface area contributed by atoms with Crippen LogP contribution in [0.2, 0.25) is 0 Å². The van der Waals surface area contributed by atoms with Crippen LogP contribution in [-0.2, 0) is 11.2 Å². The average molecular weight is 227 g/mol. The highest BCUT2D eigenvalue weighted by molar-refractivity contribution is 7.07. The second kappa shape index (κ2) is 5.64. The van der Waals surface area contributed by atoms with Gasteiger partial charge in [-0.15, -0.1) is 0 Å². The summed E-state index contributed by atoms with van der Waals surface area (Å²) in [7, 11) is 1.75. The van der Waals surface area contributed by atoms with Crippen molar-refractivity contribution in [3.63, 3.8) is 0 Å². The molecule has 0 bridgehead atoms. The monoisotopic (exact) mass is 227 g/mol. The summed E-state index contributed by atoms with van der Waals surface area (Å²) in [5, 5.41) is 4.27. The van der Waals surface area contributed by atoms with E-state index in [2.05, 4.69) is 30.7 Å². The smallest absolute Gasteiger partial charge is 0.0623 e. The van der Waals surface area contributed by atoms with Gasteiger partial charge in [-0.1, -0.05) is 0 Å². The largest absolute Gasteiger partial charge is 0.379 e. The molecule has 1 heterocycles. The molecule has 1 aromatic rings. The molecule has 3 heteroatoms. The van der Waals surface area contributed by atoms with Crippen molar-refractivity contribution in [1.29, 1.82) is 0 Å². The zero-order valence-corrected chi connectivity index (χ0v) is 10.6. The van der Waals surface area contributed by atoms with Crippen LogP contribution in [0.5, 0.6) is 0 Å². The lowest BCUT2D eigenvalue weighted by atomic mass is 9.96. The van der Waals surface area contributed by atoms with Crippen LogP contribution in [0.25, 0.3) is 0 Å². The minimum atomic E-state index is -0.0493. The molecule has 2 nitrogen and oxygen atoms in total. The van der Waals surface area contributed by atoms with E-state index in [0.717, 1.165) is 19.3 Å². The molecule has 0 fully saturated rings. The number of hydrogen-bond acceptors (Lipinski definition) is 3. The van der Waals surface area contributed by atoms with Gasteiger partial charge in [-0.3, -0.25) is 0 Å². The van der Waals surface area contributed by atoms with Gasteiger partial charge in [-0.05, 0) is 55.5 Å². The highest BCUT2D eigenvalue weighted by atomic mass is 32.1. The number of ether oxygens (including phenoxy) is 1. The van der Waals surface area contributed by atoms with E-state index in [4.69, 9.17) is 10.5 Å². The first-order valence-electron chi connectivity index (χ1n) is 5.35. The predicted molar refractivity (Wildman–Crippen MR) is 66.3 cm³/mol. The highest BCUT2D eigenvalue weighted by Gasteiger charge is 2.17. The van der Waals surface area contributed by atoms with Crippen LogP contribution in [0.4, 0.5) is 0 Å². The highest BCUT2D eigenvalue weighted by Crippen LogP contribution is 2.18. The molecule has 0 aromatic carbocycles. The van der Waals surface area contributed by atoms with Gasteiger partial charge in [-0.25, -0.2) is 0 Å². The average Bonchev–Trinajstić information content (AvgIpc) is 2.68. The lowest BCUT2D eigenvalue weighted by Crippen LogP contribution is -2.29. The third-order valence-corrected chi connectivity index (χ3v) is 3.48. The van der Waals surface area contributed by atoms with E-state index in [9.17, 15) is 0 Å². The van der Waals surface area contributed by atoms with Crippen molar-refractivity contribution < 1.29 is 4.74 Å². The van der Waals surface area contributed by atoms with Gasteiger partial charge in [0.05, 0.1) is 5.60 Å². The van der Waals surface area contributed by atoms with Crippen molar-refractivity contribution in [2.45, 2.75) is 44.8 Å². The number of rotatable bonds is 6. The zero-order valence-electron chi connectivity index (χ0n) is 9.82. The molecule has 86 valence electrons. The van der Waals surface area contributed by atoms with E-state index in [0.29, 0.717) is 0 Å². The van der Waals surface area contributed by atoms with Crippen molar-refractivity contribution in [1.82, 2.24) is 0 Å². The van der Waals surface area contributed by atoms with Gasteiger partial charge in [0, 0.05) is 13.2 Å². The van der Waals surface area contributed by atoms with E-state index in [-0.39, 0.29) is 11.6 Å². The van der Waals surface area contributed by atoms with E-state index < -0.39 is 0 Å². The fraction of sp³-hybridized carbons (Fsp3) is 0.667. The van der Waals surface area contributed by atoms with E-state index in [1.54, 1.807) is 18.4 Å². The number of hydrogen-bond donors (Lipinski definition) is 1. The molecule has 0 spiro atoms. The fourth-order valence-corrected chi connectivity index (χ4v) is 2.13. The van der Waals surface area contributed by atoms with E-state index in [1.165, 1.54) is 5.56 Å². The molecule has 0 saturated carbocycles. The molecule has 1 rings (SSSR count). The van der Waals surface area contributed by atoms with Crippen molar-refractivity contribution in [3.05, 3.63) is 22.4 Å². The molecule has 0 radical (unpaired) electrons. The van der Waals surface area contributed by atoms with Crippen molar-refractivity contribution in [2.24, 2.45) is 5.73 Å². The minimum Gasteiger partial charge on any atom is -0.379 e. The van der Waals surface area contributed by atoms with Gasteiger partial charge < -0.3 is 10.5 Å². The Labute approximate surface area is 96.4 Å². The van der Waals surface area contributed by atoms with Crippen LogP contribution >= 0.6 is 11.3 Å². The summed E-state index contributed by atoms with van der Waals surface area (Å²) in [6.45, 7) is 4.20. The van der Waals surface area contributed by atoms with Crippen LogP contribution in [-0.4, -0.2) is 18.8 Å². The maximum atomic E-state index is 6.08. The lowest BCUT2D eigenvalue weighted by molar-refractivity contribution is 0.0125. The Bertz CT molecular complexity index is 269. The topological polar surface area (TPSA) is 35.2 Å². The number of nitrogens with two attached hydrogens (primary N) is 1. The van der Waals surface area contributed by atoms with Crippen LogP contribution in [0.1, 0.15) is 32.3 Å². The number of methoxy groups -OCH3 is 1. The molecule has 0 aliphatic heterocycles. The van der Waals surface area contributed by atoms with Crippen molar-refractivity contribution >= 4 is 11.3 Å².